The van der Waals surface area contributed by atoms with Crippen molar-refractivity contribution in [3.05, 3.63) is 95.3 Å². The zero-order valence-corrected chi connectivity index (χ0v) is 17.5. The molecule has 1 aliphatic rings. The molecular weight excluding hydrogens is 391 g/mol. The predicted molar refractivity (Wildman–Crippen MR) is 121 cm³/mol. The van der Waals surface area contributed by atoms with Crippen LogP contribution in [0.25, 0.3) is 0 Å². The van der Waals surface area contributed by atoms with E-state index < -0.39 is 0 Å². The summed E-state index contributed by atoms with van der Waals surface area (Å²) < 4.78 is 19.4. The number of fused-ring (bicyclic) bond motifs is 1. The number of hydrogen-bond acceptors (Lipinski definition) is 3. The Morgan fingerprint density at radius 3 is 2.58 bits per heavy atom. The van der Waals surface area contributed by atoms with Gasteiger partial charge in [0.05, 0.1) is 6.54 Å². The number of amides is 1. The van der Waals surface area contributed by atoms with Gasteiger partial charge in [-0.15, -0.1) is 0 Å². The standard InChI is InChI=1S/C26H27FN2O2/c27-23-11-14-25-22(16-23)8-4-5-15-29(25)18-26(30)28-17-20-9-12-24(13-10-20)31-19-21-6-2-1-3-7-21/h1-3,6-7,9-14,16H,4-5,8,15,17-19H2,(H,28,30). The Bertz CT molecular complexity index is 1010. The van der Waals surface area contributed by atoms with Crippen LogP contribution in [0.5, 0.6) is 5.75 Å². The molecule has 1 amide bonds. The van der Waals surface area contributed by atoms with Crippen LogP contribution in [-0.2, 0) is 24.4 Å². The SMILES string of the molecule is O=C(CN1CCCCc2cc(F)ccc21)NCc1ccc(OCc2ccccc2)cc1. The summed E-state index contributed by atoms with van der Waals surface area (Å²) in [6.45, 7) is 2.07. The van der Waals surface area contributed by atoms with Crippen molar-refractivity contribution in [2.75, 3.05) is 18.0 Å². The number of carbonyl (C=O) groups is 1. The Morgan fingerprint density at radius 2 is 1.77 bits per heavy atom. The largest absolute Gasteiger partial charge is 0.489 e. The molecule has 0 aromatic heterocycles. The van der Waals surface area contributed by atoms with Crippen molar-refractivity contribution >= 4 is 11.6 Å². The van der Waals surface area contributed by atoms with Crippen molar-refractivity contribution in [3.8, 4) is 5.75 Å². The van der Waals surface area contributed by atoms with Crippen molar-refractivity contribution in [1.82, 2.24) is 5.32 Å². The highest BCUT2D eigenvalue weighted by molar-refractivity contribution is 5.81. The molecule has 4 nitrogen and oxygen atoms in total. The minimum absolute atomic E-state index is 0.0402. The lowest BCUT2D eigenvalue weighted by Gasteiger charge is -2.24. The Labute approximate surface area is 182 Å². The Morgan fingerprint density at radius 1 is 0.968 bits per heavy atom. The summed E-state index contributed by atoms with van der Waals surface area (Å²) >= 11 is 0. The number of carbonyl (C=O) groups excluding carboxylic acids is 1. The molecule has 0 saturated carbocycles. The van der Waals surface area contributed by atoms with Crippen LogP contribution in [0.3, 0.4) is 0 Å². The Kier molecular flexibility index (Phi) is 6.82. The summed E-state index contributed by atoms with van der Waals surface area (Å²) in [6, 6.07) is 22.6. The van der Waals surface area contributed by atoms with Crippen LogP contribution in [0.15, 0.2) is 72.8 Å². The molecule has 0 saturated heterocycles. The average Bonchev–Trinajstić information content (AvgIpc) is 2.99. The van der Waals surface area contributed by atoms with Gasteiger partial charge in [-0.2, -0.15) is 0 Å². The van der Waals surface area contributed by atoms with Crippen molar-refractivity contribution in [3.63, 3.8) is 0 Å². The van der Waals surface area contributed by atoms with Gasteiger partial charge in [-0.3, -0.25) is 4.79 Å². The van der Waals surface area contributed by atoms with Crippen molar-refractivity contribution in [1.29, 1.82) is 0 Å². The van der Waals surface area contributed by atoms with Gasteiger partial charge in [0.2, 0.25) is 5.91 Å². The van der Waals surface area contributed by atoms with Crippen molar-refractivity contribution < 1.29 is 13.9 Å². The number of anilines is 1. The highest BCUT2D eigenvalue weighted by Crippen LogP contribution is 2.26. The third kappa shape index (κ3) is 5.85. The molecule has 0 atom stereocenters. The molecule has 0 bridgehead atoms. The van der Waals surface area contributed by atoms with Gasteiger partial charge in [-0.25, -0.2) is 4.39 Å². The van der Waals surface area contributed by atoms with Gasteiger partial charge >= 0.3 is 0 Å². The highest BCUT2D eigenvalue weighted by atomic mass is 19.1. The third-order valence-corrected chi connectivity index (χ3v) is 5.50. The topological polar surface area (TPSA) is 41.6 Å². The fourth-order valence-electron chi connectivity index (χ4n) is 3.84. The number of halogens is 1. The first-order valence-corrected chi connectivity index (χ1v) is 10.7. The third-order valence-electron chi connectivity index (χ3n) is 5.50. The van der Waals surface area contributed by atoms with Crippen LogP contribution in [0.4, 0.5) is 10.1 Å². The van der Waals surface area contributed by atoms with Crippen LogP contribution in [0, 0.1) is 5.82 Å². The van der Waals surface area contributed by atoms with Gasteiger partial charge < -0.3 is 15.0 Å². The zero-order chi connectivity index (χ0) is 21.5. The van der Waals surface area contributed by atoms with E-state index in [1.54, 1.807) is 12.1 Å². The van der Waals surface area contributed by atoms with Crippen LogP contribution in [-0.4, -0.2) is 19.0 Å². The Hall–Kier alpha value is -3.34. The van der Waals surface area contributed by atoms with E-state index in [0.717, 1.165) is 53.9 Å². The van der Waals surface area contributed by atoms with Crippen molar-refractivity contribution in [2.24, 2.45) is 0 Å². The zero-order valence-electron chi connectivity index (χ0n) is 17.5. The van der Waals surface area contributed by atoms with Gasteiger partial charge in [0.25, 0.3) is 0 Å². The van der Waals surface area contributed by atoms with E-state index in [2.05, 4.69) is 10.2 Å². The van der Waals surface area contributed by atoms with E-state index in [9.17, 15) is 9.18 Å². The minimum Gasteiger partial charge on any atom is -0.489 e. The van der Waals surface area contributed by atoms with E-state index in [1.807, 2.05) is 54.6 Å². The highest BCUT2D eigenvalue weighted by Gasteiger charge is 2.18. The maximum absolute atomic E-state index is 13.6. The molecule has 5 heteroatoms. The smallest absolute Gasteiger partial charge is 0.239 e. The molecular formula is C26H27FN2O2. The molecule has 0 radical (unpaired) electrons. The first kappa shape index (κ1) is 20.9. The molecule has 0 spiro atoms. The van der Waals surface area contributed by atoms with Crippen LogP contribution in [0.2, 0.25) is 0 Å². The molecule has 31 heavy (non-hydrogen) atoms. The summed E-state index contributed by atoms with van der Waals surface area (Å²) in [5.41, 5.74) is 4.08. The molecule has 0 aliphatic carbocycles. The molecule has 1 N–H and O–H groups in total. The van der Waals surface area contributed by atoms with Gasteiger partial charge in [-0.1, -0.05) is 42.5 Å². The van der Waals surface area contributed by atoms with E-state index in [1.165, 1.54) is 6.07 Å². The molecule has 0 fully saturated rings. The fourth-order valence-corrected chi connectivity index (χ4v) is 3.84. The number of nitrogens with zero attached hydrogens (tertiary/aromatic N) is 1. The van der Waals surface area contributed by atoms with Gasteiger partial charge in [0, 0.05) is 18.8 Å². The first-order chi connectivity index (χ1) is 15.2. The second kappa shape index (κ2) is 10.1. The summed E-state index contributed by atoms with van der Waals surface area (Å²) in [7, 11) is 0. The maximum atomic E-state index is 13.6. The Balaban J connectivity index is 1.28. The summed E-state index contributed by atoms with van der Waals surface area (Å²) in [6.07, 6.45) is 2.85. The molecule has 3 aromatic carbocycles. The summed E-state index contributed by atoms with van der Waals surface area (Å²) in [5.74, 6) is 0.537. The number of hydrogen-bond donors (Lipinski definition) is 1. The lowest BCUT2D eigenvalue weighted by atomic mass is 10.1. The van der Waals surface area contributed by atoms with Crippen LogP contribution in [0.1, 0.15) is 29.5 Å². The van der Waals surface area contributed by atoms with Crippen molar-refractivity contribution in [2.45, 2.75) is 32.4 Å². The minimum atomic E-state index is -0.221. The van der Waals surface area contributed by atoms with E-state index in [4.69, 9.17) is 4.74 Å². The normalized spacial score (nSPS) is 13.3. The van der Waals surface area contributed by atoms with Crippen LogP contribution < -0.4 is 15.0 Å². The van der Waals surface area contributed by atoms with E-state index >= 15 is 0 Å². The molecule has 1 heterocycles. The maximum Gasteiger partial charge on any atom is 0.239 e. The van der Waals surface area contributed by atoms with Gasteiger partial charge in [0.1, 0.15) is 18.2 Å². The summed E-state index contributed by atoms with van der Waals surface area (Å²) in [5, 5.41) is 2.99. The fraction of sp³-hybridized carbons (Fsp3) is 0.269. The van der Waals surface area contributed by atoms with E-state index in [0.29, 0.717) is 13.2 Å². The predicted octanol–water partition coefficient (Wildman–Crippen LogP) is 4.86. The first-order valence-electron chi connectivity index (χ1n) is 10.7. The number of aryl methyl sites for hydroxylation is 1. The number of benzene rings is 3. The molecule has 4 rings (SSSR count). The average molecular weight is 419 g/mol. The van der Waals surface area contributed by atoms with Gasteiger partial charge in [-0.05, 0) is 66.3 Å². The second-order valence-corrected chi connectivity index (χ2v) is 7.85. The second-order valence-electron chi connectivity index (χ2n) is 7.85. The monoisotopic (exact) mass is 418 g/mol. The number of ether oxygens (including phenoxy) is 1. The lowest BCUT2D eigenvalue weighted by Crippen LogP contribution is -2.37. The summed E-state index contributed by atoms with van der Waals surface area (Å²) in [4.78, 5) is 14.6. The molecule has 160 valence electrons. The lowest BCUT2D eigenvalue weighted by molar-refractivity contribution is -0.119. The molecule has 3 aromatic rings. The van der Waals surface area contributed by atoms with Gasteiger partial charge in [0.15, 0.2) is 0 Å². The quantitative estimate of drug-likeness (QED) is 0.596. The molecule has 0 unspecified atom stereocenters. The molecule has 1 aliphatic heterocycles. The number of rotatable bonds is 7. The van der Waals surface area contributed by atoms with Crippen LogP contribution >= 0.6 is 0 Å². The number of nitrogens with one attached hydrogen (secondary N) is 1. The van der Waals surface area contributed by atoms with E-state index in [-0.39, 0.29) is 18.3 Å².